The minimum atomic E-state index is -0.755. The van der Waals surface area contributed by atoms with Gasteiger partial charge in [0.05, 0.1) is 13.0 Å². The monoisotopic (exact) mass is 383 g/mol. The van der Waals surface area contributed by atoms with E-state index in [2.05, 4.69) is 5.32 Å². The van der Waals surface area contributed by atoms with Crippen molar-refractivity contribution in [3.63, 3.8) is 0 Å². The zero-order valence-electron chi connectivity index (χ0n) is 15.5. The molecule has 10 nitrogen and oxygen atoms in total. The standard InChI is InChI=1S/C17H25N3O7/c1-10-5-14(21)12(13(10)7-20(25)26)6-17(24)27-9-16(23)19(2)8-15(22)18-11-3-4-11/h10-13H,3-9H2,1-2H3,(H,18,22)/t10-,12+,13-/m1/s1. The number of nitro groups is 1. The van der Waals surface area contributed by atoms with Crippen LogP contribution in [0, 0.1) is 27.9 Å². The Bertz CT molecular complexity index is 632. The first-order valence-electron chi connectivity index (χ1n) is 9.00. The molecule has 0 unspecified atom stereocenters. The number of esters is 1. The third-order valence-electron chi connectivity index (χ3n) is 5.04. The van der Waals surface area contributed by atoms with Crippen molar-refractivity contribution in [2.24, 2.45) is 17.8 Å². The van der Waals surface area contributed by atoms with Gasteiger partial charge in [-0.15, -0.1) is 0 Å². The summed E-state index contributed by atoms with van der Waals surface area (Å²) in [6.45, 7) is 0.712. The van der Waals surface area contributed by atoms with Gasteiger partial charge >= 0.3 is 5.97 Å². The Morgan fingerprint density at radius 2 is 2.00 bits per heavy atom. The molecule has 2 aliphatic rings. The van der Waals surface area contributed by atoms with Crippen LogP contribution < -0.4 is 5.32 Å². The van der Waals surface area contributed by atoms with Gasteiger partial charge in [0.25, 0.3) is 5.91 Å². The van der Waals surface area contributed by atoms with Gasteiger partial charge in [0.1, 0.15) is 5.78 Å². The van der Waals surface area contributed by atoms with E-state index in [-0.39, 0.29) is 49.6 Å². The molecule has 2 saturated carbocycles. The molecule has 2 rings (SSSR count). The van der Waals surface area contributed by atoms with Gasteiger partial charge in [0, 0.05) is 36.3 Å². The lowest BCUT2D eigenvalue weighted by Crippen LogP contribution is -2.40. The van der Waals surface area contributed by atoms with E-state index in [1.165, 1.54) is 7.05 Å². The summed E-state index contributed by atoms with van der Waals surface area (Å²) >= 11 is 0. The van der Waals surface area contributed by atoms with Crippen molar-refractivity contribution in [1.29, 1.82) is 0 Å². The maximum atomic E-state index is 12.0. The van der Waals surface area contributed by atoms with Crippen LogP contribution in [0.1, 0.15) is 32.6 Å². The molecule has 27 heavy (non-hydrogen) atoms. The summed E-state index contributed by atoms with van der Waals surface area (Å²) in [6, 6.07) is 0.192. The molecule has 2 fully saturated rings. The first-order valence-corrected chi connectivity index (χ1v) is 9.00. The molecule has 0 aliphatic heterocycles. The predicted octanol–water partition coefficient (Wildman–Crippen LogP) is -0.225. The maximum absolute atomic E-state index is 12.0. The fourth-order valence-electron chi connectivity index (χ4n) is 3.30. The molecule has 0 heterocycles. The fraction of sp³-hybridized carbons (Fsp3) is 0.765. The Labute approximate surface area is 156 Å². The zero-order valence-corrected chi connectivity index (χ0v) is 15.5. The van der Waals surface area contributed by atoms with Gasteiger partial charge in [-0.2, -0.15) is 0 Å². The second-order valence-electron chi connectivity index (χ2n) is 7.39. The molecule has 150 valence electrons. The molecular formula is C17H25N3O7. The van der Waals surface area contributed by atoms with Crippen LogP contribution in [0.3, 0.4) is 0 Å². The van der Waals surface area contributed by atoms with E-state index in [4.69, 9.17) is 4.74 Å². The van der Waals surface area contributed by atoms with E-state index in [9.17, 15) is 29.3 Å². The SMILES string of the molecule is C[C@@H]1CC(=O)[C@@H](CC(=O)OCC(=O)N(C)CC(=O)NC2CC2)[C@@H]1C[N+](=O)[O-]. The number of hydrogen-bond acceptors (Lipinski definition) is 7. The number of nitrogens with one attached hydrogen (secondary N) is 1. The van der Waals surface area contributed by atoms with Gasteiger partial charge in [0.2, 0.25) is 12.5 Å². The van der Waals surface area contributed by atoms with Crippen molar-refractivity contribution in [2.45, 2.75) is 38.6 Å². The second kappa shape index (κ2) is 8.92. The Morgan fingerprint density at radius 3 is 2.59 bits per heavy atom. The fourth-order valence-corrected chi connectivity index (χ4v) is 3.30. The van der Waals surface area contributed by atoms with E-state index in [1.54, 1.807) is 6.92 Å². The average Bonchev–Trinajstić information content (AvgIpc) is 3.34. The molecule has 2 amide bonds. The minimum absolute atomic E-state index is 0.129. The lowest BCUT2D eigenvalue weighted by molar-refractivity contribution is -0.490. The molecule has 0 aromatic carbocycles. The lowest BCUT2D eigenvalue weighted by Gasteiger charge is -2.18. The summed E-state index contributed by atoms with van der Waals surface area (Å²) in [5.41, 5.74) is 0. The molecule has 3 atom stereocenters. The number of rotatable bonds is 9. The summed E-state index contributed by atoms with van der Waals surface area (Å²) < 4.78 is 4.91. The number of carbonyl (C=O) groups is 4. The average molecular weight is 383 g/mol. The van der Waals surface area contributed by atoms with E-state index in [0.29, 0.717) is 0 Å². The summed E-state index contributed by atoms with van der Waals surface area (Å²) in [5.74, 6) is -3.18. The van der Waals surface area contributed by atoms with Crippen LogP contribution in [0.15, 0.2) is 0 Å². The first kappa shape index (κ1) is 20.8. The van der Waals surface area contributed by atoms with Crippen molar-refractivity contribution in [2.75, 3.05) is 26.7 Å². The molecule has 1 N–H and O–H groups in total. The van der Waals surface area contributed by atoms with E-state index in [0.717, 1.165) is 17.7 Å². The molecule has 0 spiro atoms. The summed E-state index contributed by atoms with van der Waals surface area (Å²) in [4.78, 5) is 59.1. The number of nitrogens with zero attached hydrogens (tertiary/aromatic N) is 2. The van der Waals surface area contributed by atoms with Crippen molar-refractivity contribution in [3.8, 4) is 0 Å². The van der Waals surface area contributed by atoms with E-state index < -0.39 is 35.2 Å². The Kier molecular flexibility index (Phi) is 6.86. The molecule has 0 bridgehead atoms. The van der Waals surface area contributed by atoms with E-state index >= 15 is 0 Å². The van der Waals surface area contributed by atoms with Gasteiger partial charge in [-0.1, -0.05) is 6.92 Å². The van der Waals surface area contributed by atoms with Crippen LogP contribution in [-0.4, -0.2) is 66.2 Å². The van der Waals surface area contributed by atoms with Gasteiger partial charge < -0.3 is 15.0 Å². The number of hydrogen-bond donors (Lipinski definition) is 1. The Balaban J connectivity index is 1.76. The Hall–Kier alpha value is -2.52. The van der Waals surface area contributed by atoms with Gasteiger partial charge in [-0.25, -0.2) is 0 Å². The molecule has 0 aromatic heterocycles. The lowest BCUT2D eigenvalue weighted by atomic mass is 9.88. The van der Waals surface area contributed by atoms with Crippen LogP contribution in [0.4, 0.5) is 0 Å². The number of Topliss-reactive ketones (excluding diaryl/α,β-unsaturated/α-hetero) is 1. The van der Waals surface area contributed by atoms with E-state index in [1.807, 2.05) is 0 Å². The summed E-state index contributed by atoms with van der Waals surface area (Å²) in [6.07, 6.45) is 1.81. The maximum Gasteiger partial charge on any atom is 0.307 e. The molecule has 0 aromatic rings. The highest BCUT2D eigenvalue weighted by Gasteiger charge is 2.44. The quantitative estimate of drug-likeness (QED) is 0.330. The van der Waals surface area contributed by atoms with Gasteiger partial charge in [-0.3, -0.25) is 29.3 Å². The highest BCUT2D eigenvalue weighted by Crippen LogP contribution is 2.36. The smallest absolute Gasteiger partial charge is 0.307 e. The van der Waals surface area contributed by atoms with Crippen molar-refractivity contribution in [1.82, 2.24) is 10.2 Å². The van der Waals surface area contributed by atoms with Crippen LogP contribution in [0.25, 0.3) is 0 Å². The number of ketones is 1. The summed E-state index contributed by atoms with van der Waals surface area (Å²) in [5, 5.41) is 13.5. The summed E-state index contributed by atoms with van der Waals surface area (Å²) in [7, 11) is 1.43. The molecule has 2 aliphatic carbocycles. The third-order valence-corrected chi connectivity index (χ3v) is 5.04. The molecule has 10 heteroatoms. The van der Waals surface area contributed by atoms with Crippen LogP contribution in [0.5, 0.6) is 0 Å². The normalized spacial score (nSPS) is 24.4. The topological polar surface area (TPSA) is 136 Å². The van der Waals surface area contributed by atoms with Crippen LogP contribution in [0.2, 0.25) is 0 Å². The zero-order chi connectivity index (χ0) is 20.1. The molecular weight excluding hydrogens is 358 g/mol. The largest absolute Gasteiger partial charge is 0.456 e. The van der Waals surface area contributed by atoms with Crippen LogP contribution in [-0.2, 0) is 23.9 Å². The number of likely N-dealkylation sites (N-methyl/N-ethyl adjacent to an activating group) is 1. The highest BCUT2D eigenvalue weighted by atomic mass is 16.6. The van der Waals surface area contributed by atoms with Crippen molar-refractivity contribution < 1.29 is 28.8 Å². The molecule has 0 saturated heterocycles. The third kappa shape index (κ3) is 6.30. The second-order valence-corrected chi connectivity index (χ2v) is 7.39. The number of carbonyl (C=O) groups excluding carboxylic acids is 4. The number of ether oxygens (including phenoxy) is 1. The van der Waals surface area contributed by atoms with Crippen LogP contribution >= 0.6 is 0 Å². The van der Waals surface area contributed by atoms with Gasteiger partial charge in [0.15, 0.2) is 6.61 Å². The van der Waals surface area contributed by atoms with Crippen molar-refractivity contribution in [3.05, 3.63) is 10.1 Å². The first-order chi connectivity index (χ1) is 12.7. The highest BCUT2D eigenvalue weighted by molar-refractivity contribution is 5.89. The minimum Gasteiger partial charge on any atom is -0.456 e. The number of amides is 2. The Morgan fingerprint density at radius 1 is 1.33 bits per heavy atom. The van der Waals surface area contributed by atoms with Gasteiger partial charge in [-0.05, 0) is 18.8 Å². The van der Waals surface area contributed by atoms with Crippen molar-refractivity contribution >= 4 is 23.6 Å². The predicted molar refractivity (Wildman–Crippen MR) is 92.0 cm³/mol. The molecule has 0 radical (unpaired) electrons.